The van der Waals surface area contributed by atoms with Crippen LogP contribution in [0.4, 0.5) is 0 Å². The van der Waals surface area contributed by atoms with E-state index in [9.17, 15) is 9.59 Å². The maximum absolute atomic E-state index is 11.8. The Labute approximate surface area is 112 Å². The largest absolute Gasteiger partial charge is 0.494 e. The predicted octanol–water partition coefficient (Wildman–Crippen LogP) is 2.28. The van der Waals surface area contributed by atoms with Crippen LogP contribution < -0.4 is 4.74 Å². The Hall–Kier alpha value is -2.04. The highest BCUT2D eigenvalue weighted by molar-refractivity contribution is 5.91. The normalized spacial score (nSPS) is 10.0. The van der Waals surface area contributed by atoms with Gasteiger partial charge in [-0.15, -0.1) is 0 Å². The summed E-state index contributed by atoms with van der Waals surface area (Å²) in [7, 11) is 0. The highest BCUT2D eigenvalue weighted by Gasteiger charge is 2.14. The van der Waals surface area contributed by atoms with Gasteiger partial charge in [-0.1, -0.05) is 6.07 Å². The van der Waals surface area contributed by atoms with E-state index < -0.39 is 11.9 Å². The molecule has 1 aromatic rings. The smallest absolute Gasteiger partial charge is 0.338 e. The number of carboxylic acids is 1. The fourth-order valence-corrected chi connectivity index (χ4v) is 1.67. The Morgan fingerprint density at radius 1 is 1.21 bits per heavy atom. The van der Waals surface area contributed by atoms with Gasteiger partial charge in [-0.25, -0.2) is 4.79 Å². The Balaban J connectivity index is 2.99. The Kier molecular flexibility index (Phi) is 5.85. The van der Waals surface area contributed by atoms with E-state index in [0.29, 0.717) is 23.5 Å². The first-order valence-corrected chi connectivity index (χ1v) is 6.23. The molecule has 0 saturated heterocycles. The summed E-state index contributed by atoms with van der Waals surface area (Å²) < 4.78 is 10.3. The average Bonchev–Trinajstić information content (AvgIpc) is 2.37. The highest BCUT2D eigenvalue weighted by Crippen LogP contribution is 2.20. The SMILES string of the molecule is CCOC(=O)c1cc(OCC)ccc1CCC(=O)O. The number of carbonyl (C=O) groups excluding carboxylic acids is 1. The lowest BCUT2D eigenvalue weighted by atomic mass is 10.0. The molecule has 0 aromatic heterocycles. The molecule has 0 atom stereocenters. The zero-order valence-corrected chi connectivity index (χ0v) is 11.1. The minimum atomic E-state index is -0.899. The van der Waals surface area contributed by atoms with Crippen molar-refractivity contribution in [1.29, 1.82) is 0 Å². The number of carboxylic acid groups (broad SMARTS) is 1. The summed E-state index contributed by atoms with van der Waals surface area (Å²) in [6, 6.07) is 5.03. The molecule has 1 N–H and O–H groups in total. The van der Waals surface area contributed by atoms with Crippen LogP contribution in [-0.4, -0.2) is 30.3 Å². The van der Waals surface area contributed by atoms with Crippen LogP contribution in [0, 0.1) is 0 Å². The summed E-state index contributed by atoms with van der Waals surface area (Å²) in [6.45, 7) is 4.34. The van der Waals surface area contributed by atoms with Gasteiger partial charge in [-0.2, -0.15) is 0 Å². The molecule has 0 amide bonds. The number of benzene rings is 1. The van der Waals surface area contributed by atoms with Gasteiger partial charge in [0.2, 0.25) is 0 Å². The number of esters is 1. The molecule has 0 unspecified atom stereocenters. The van der Waals surface area contributed by atoms with Crippen molar-refractivity contribution in [3.8, 4) is 5.75 Å². The molecule has 1 aromatic carbocycles. The van der Waals surface area contributed by atoms with E-state index in [0.717, 1.165) is 0 Å². The van der Waals surface area contributed by atoms with Crippen molar-refractivity contribution in [2.45, 2.75) is 26.7 Å². The minimum absolute atomic E-state index is 0.0274. The van der Waals surface area contributed by atoms with Crippen LogP contribution in [0.5, 0.6) is 5.75 Å². The van der Waals surface area contributed by atoms with Crippen molar-refractivity contribution in [2.24, 2.45) is 0 Å². The number of aryl methyl sites for hydroxylation is 1. The Morgan fingerprint density at radius 2 is 1.95 bits per heavy atom. The molecule has 0 heterocycles. The molecule has 0 aliphatic carbocycles. The first-order chi connectivity index (χ1) is 9.08. The topological polar surface area (TPSA) is 72.8 Å². The van der Waals surface area contributed by atoms with E-state index in [1.54, 1.807) is 25.1 Å². The fraction of sp³-hybridized carbons (Fsp3) is 0.429. The molecule has 0 aliphatic rings. The van der Waals surface area contributed by atoms with Gasteiger partial charge in [-0.3, -0.25) is 4.79 Å². The second-order valence-electron chi connectivity index (χ2n) is 3.87. The van der Waals surface area contributed by atoms with E-state index in [2.05, 4.69) is 0 Å². The molecule has 104 valence electrons. The zero-order chi connectivity index (χ0) is 14.3. The lowest BCUT2D eigenvalue weighted by Gasteiger charge is -2.10. The van der Waals surface area contributed by atoms with Gasteiger partial charge in [0.1, 0.15) is 5.75 Å². The zero-order valence-electron chi connectivity index (χ0n) is 11.1. The molecule has 0 saturated carbocycles. The number of rotatable bonds is 7. The third-order valence-corrected chi connectivity index (χ3v) is 2.50. The molecule has 0 bridgehead atoms. The van der Waals surface area contributed by atoms with E-state index in [-0.39, 0.29) is 19.4 Å². The highest BCUT2D eigenvalue weighted by atomic mass is 16.5. The predicted molar refractivity (Wildman–Crippen MR) is 69.5 cm³/mol. The minimum Gasteiger partial charge on any atom is -0.494 e. The third kappa shape index (κ3) is 4.62. The van der Waals surface area contributed by atoms with Crippen molar-refractivity contribution in [3.05, 3.63) is 29.3 Å². The summed E-state index contributed by atoms with van der Waals surface area (Å²) in [5.74, 6) is -0.780. The molecule has 19 heavy (non-hydrogen) atoms. The molecule has 0 aliphatic heterocycles. The van der Waals surface area contributed by atoms with Gasteiger partial charge < -0.3 is 14.6 Å². The first-order valence-electron chi connectivity index (χ1n) is 6.23. The van der Waals surface area contributed by atoms with Crippen LogP contribution in [0.1, 0.15) is 36.2 Å². The van der Waals surface area contributed by atoms with E-state index in [1.165, 1.54) is 0 Å². The molecule has 0 fully saturated rings. The van der Waals surface area contributed by atoms with Gasteiger partial charge in [0.05, 0.1) is 18.8 Å². The summed E-state index contributed by atoms with van der Waals surface area (Å²) in [5, 5.41) is 8.71. The molecule has 1 rings (SSSR count). The monoisotopic (exact) mass is 266 g/mol. The van der Waals surface area contributed by atoms with Gasteiger partial charge in [0.15, 0.2) is 0 Å². The summed E-state index contributed by atoms with van der Waals surface area (Å²) in [6.07, 6.45) is 0.260. The maximum Gasteiger partial charge on any atom is 0.338 e. The van der Waals surface area contributed by atoms with Crippen molar-refractivity contribution < 1.29 is 24.2 Å². The molecular weight excluding hydrogens is 248 g/mol. The second kappa shape index (κ2) is 7.41. The summed E-state index contributed by atoms with van der Waals surface area (Å²) >= 11 is 0. The molecule has 0 radical (unpaired) electrons. The van der Waals surface area contributed by atoms with Gasteiger partial charge in [0.25, 0.3) is 0 Å². The van der Waals surface area contributed by atoms with Crippen LogP contribution in [0.15, 0.2) is 18.2 Å². The second-order valence-corrected chi connectivity index (χ2v) is 3.87. The van der Waals surface area contributed by atoms with Crippen molar-refractivity contribution >= 4 is 11.9 Å². The van der Waals surface area contributed by atoms with E-state index in [4.69, 9.17) is 14.6 Å². The molecule has 0 spiro atoms. The molecule has 5 nitrogen and oxygen atoms in total. The lowest BCUT2D eigenvalue weighted by Crippen LogP contribution is -2.10. The van der Waals surface area contributed by atoms with Crippen LogP contribution >= 0.6 is 0 Å². The van der Waals surface area contributed by atoms with Gasteiger partial charge in [0, 0.05) is 6.42 Å². The van der Waals surface area contributed by atoms with Crippen LogP contribution in [0.2, 0.25) is 0 Å². The summed E-state index contributed by atoms with van der Waals surface area (Å²) in [4.78, 5) is 22.4. The van der Waals surface area contributed by atoms with Crippen molar-refractivity contribution in [1.82, 2.24) is 0 Å². The standard InChI is InChI=1S/C14H18O5/c1-3-18-11-7-5-10(6-8-13(15)16)12(9-11)14(17)19-4-2/h5,7,9H,3-4,6,8H2,1-2H3,(H,15,16). The van der Waals surface area contributed by atoms with Gasteiger partial charge in [-0.05, 0) is 38.0 Å². The fourth-order valence-electron chi connectivity index (χ4n) is 1.67. The Bertz CT molecular complexity index is 453. The number of aliphatic carboxylic acids is 1. The van der Waals surface area contributed by atoms with Crippen LogP contribution in [0.3, 0.4) is 0 Å². The molecule has 5 heteroatoms. The van der Waals surface area contributed by atoms with Gasteiger partial charge >= 0.3 is 11.9 Å². The van der Waals surface area contributed by atoms with Crippen LogP contribution in [-0.2, 0) is 16.0 Å². The van der Waals surface area contributed by atoms with Crippen molar-refractivity contribution in [2.75, 3.05) is 13.2 Å². The first kappa shape index (κ1) is 15.0. The van der Waals surface area contributed by atoms with Crippen molar-refractivity contribution in [3.63, 3.8) is 0 Å². The van der Waals surface area contributed by atoms with E-state index in [1.807, 2.05) is 6.92 Å². The number of hydrogen-bond donors (Lipinski definition) is 1. The number of carbonyl (C=O) groups is 2. The molecular formula is C14H18O5. The van der Waals surface area contributed by atoms with E-state index >= 15 is 0 Å². The summed E-state index contributed by atoms with van der Waals surface area (Å²) in [5.41, 5.74) is 1.03. The quantitative estimate of drug-likeness (QED) is 0.766. The average molecular weight is 266 g/mol. The van der Waals surface area contributed by atoms with Crippen LogP contribution in [0.25, 0.3) is 0 Å². The maximum atomic E-state index is 11.8. The lowest BCUT2D eigenvalue weighted by molar-refractivity contribution is -0.136. The Morgan fingerprint density at radius 3 is 2.53 bits per heavy atom. The third-order valence-electron chi connectivity index (χ3n) is 2.50. The number of hydrogen-bond acceptors (Lipinski definition) is 4. The number of ether oxygens (including phenoxy) is 2.